The summed E-state index contributed by atoms with van der Waals surface area (Å²) in [4.78, 5) is 29.2. The summed E-state index contributed by atoms with van der Waals surface area (Å²) in [5.74, 6) is 1.06. The van der Waals surface area contributed by atoms with E-state index in [2.05, 4.69) is 11.4 Å². The van der Waals surface area contributed by atoms with Crippen LogP contribution in [0.25, 0.3) is 0 Å². The average Bonchev–Trinajstić information content (AvgIpc) is 3.21. The van der Waals surface area contributed by atoms with Crippen molar-refractivity contribution < 1.29 is 19.1 Å². The van der Waals surface area contributed by atoms with E-state index in [9.17, 15) is 9.59 Å². The molecule has 0 aliphatic carbocycles. The Labute approximate surface area is 196 Å². The Bertz CT molecular complexity index is 1100. The highest BCUT2D eigenvalue weighted by Crippen LogP contribution is 2.30. The number of anilines is 1. The lowest BCUT2D eigenvalue weighted by atomic mass is 10.2. The van der Waals surface area contributed by atoms with Crippen LogP contribution in [0, 0.1) is 6.92 Å². The minimum atomic E-state index is -0.174. The number of ether oxygens (including phenoxy) is 2. The lowest BCUT2D eigenvalue weighted by Crippen LogP contribution is -2.26. The summed E-state index contributed by atoms with van der Waals surface area (Å²) in [6.07, 6.45) is 0. The van der Waals surface area contributed by atoms with E-state index >= 15 is 0 Å². The molecule has 1 aromatic heterocycles. The number of nitrogens with zero attached hydrogens (tertiary/aromatic N) is 1. The number of methoxy groups -OCH3 is 2. The molecule has 0 atom stereocenters. The van der Waals surface area contributed by atoms with Gasteiger partial charge in [-0.2, -0.15) is 0 Å². The number of nitrogens with one attached hydrogen (secondary N) is 1. The van der Waals surface area contributed by atoms with E-state index in [1.54, 1.807) is 61.8 Å². The van der Waals surface area contributed by atoms with Crippen molar-refractivity contribution in [2.75, 3.05) is 32.3 Å². The molecule has 2 amide bonds. The van der Waals surface area contributed by atoms with Gasteiger partial charge in [0.15, 0.2) is 11.5 Å². The number of rotatable bonds is 9. The molecule has 0 aliphatic rings. The van der Waals surface area contributed by atoms with Crippen LogP contribution in [0.4, 0.5) is 5.69 Å². The van der Waals surface area contributed by atoms with E-state index < -0.39 is 0 Å². The van der Waals surface area contributed by atoms with E-state index in [4.69, 9.17) is 9.47 Å². The molecule has 1 heterocycles. The molecule has 0 aliphatic heterocycles. The minimum absolute atomic E-state index is 0.0683. The number of thioether (sulfide) groups is 1. The first-order chi connectivity index (χ1) is 15.4. The highest BCUT2D eigenvalue weighted by Gasteiger charge is 2.18. The van der Waals surface area contributed by atoms with Gasteiger partial charge >= 0.3 is 0 Å². The maximum atomic E-state index is 13.1. The molecule has 0 bridgehead atoms. The zero-order valence-electron chi connectivity index (χ0n) is 18.5. The van der Waals surface area contributed by atoms with Crippen LogP contribution in [-0.2, 0) is 11.3 Å². The van der Waals surface area contributed by atoms with Gasteiger partial charge in [0.05, 0.1) is 32.1 Å². The number of carbonyl (C=O) groups is 2. The Hall–Kier alpha value is -2.97. The Morgan fingerprint density at radius 2 is 1.81 bits per heavy atom. The van der Waals surface area contributed by atoms with Crippen LogP contribution in [0.15, 0.2) is 58.8 Å². The van der Waals surface area contributed by atoms with E-state index in [1.807, 2.05) is 30.5 Å². The fourth-order valence-electron chi connectivity index (χ4n) is 3.08. The average molecular weight is 471 g/mol. The first kappa shape index (κ1) is 23.7. The molecule has 3 rings (SSSR count). The van der Waals surface area contributed by atoms with Crippen LogP contribution >= 0.6 is 23.1 Å². The summed E-state index contributed by atoms with van der Waals surface area (Å²) in [6, 6.07) is 14.6. The molecule has 0 saturated heterocycles. The van der Waals surface area contributed by atoms with Crippen molar-refractivity contribution in [1.82, 2.24) is 4.90 Å². The predicted octanol–water partition coefficient (Wildman–Crippen LogP) is 5.08. The lowest BCUT2D eigenvalue weighted by molar-refractivity contribution is -0.113. The third-order valence-corrected chi connectivity index (χ3v) is 6.92. The second-order valence-electron chi connectivity index (χ2n) is 7.09. The summed E-state index contributed by atoms with van der Waals surface area (Å²) >= 11 is 2.98. The maximum Gasteiger partial charge on any atom is 0.255 e. The molecule has 6 nitrogen and oxygen atoms in total. The number of hydrogen-bond acceptors (Lipinski definition) is 6. The highest BCUT2D eigenvalue weighted by molar-refractivity contribution is 8.00. The molecule has 8 heteroatoms. The van der Waals surface area contributed by atoms with Crippen molar-refractivity contribution in [2.24, 2.45) is 0 Å². The summed E-state index contributed by atoms with van der Waals surface area (Å²) in [6.45, 7) is 2.60. The third-order valence-electron chi connectivity index (χ3n) is 4.84. The first-order valence-electron chi connectivity index (χ1n) is 9.95. The smallest absolute Gasteiger partial charge is 0.255 e. The Morgan fingerprint density at radius 3 is 2.50 bits per heavy atom. The molecule has 2 aromatic carbocycles. The molecular formula is C24H26N2O4S2. The third kappa shape index (κ3) is 5.83. The van der Waals surface area contributed by atoms with Crippen molar-refractivity contribution >= 4 is 40.6 Å². The van der Waals surface area contributed by atoms with E-state index in [0.717, 1.165) is 4.90 Å². The van der Waals surface area contributed by atoms with Crippen molar-refractivity contribution in [2.45, 2.75) is 18.4 Å². The van der Waals surface area contributed by atoms with Gasteiger partial charge in [0.25, 0.3) is 5.91 Å². The van der Waals surface area contributed by atoms with Gasteiger partial charge in [0.1, 0.15) is 0 Å². The molecule has 32 heavy (non-hydrogen) atoms. The van der Waals surface area contributed by atoms with Crippen molar-refractivity contribution in [3.63, 3.8) is 0 Å². The number of amides is 2. The van der Waals surface area contributed by atoms with Gasteiger partial charge in [-0.1, -0.05) is 12.1 Å². The SMILES string of the molecule is COc1ccc(NC(=O)CSc2ccccc2C(=O)N(C)Cc2sccc2C)cc1OC. The quantitative estimate of drug-likeness (QED) is 0.442. The van der Waals surface area contributed by atoms with E-state index in [1.165, 1.54) is 22.2 Å². The molecule has 0 fully saturated rings. The van der Waals surface area contributed by atoms with E-state index in [0.29, 0.717) is 29.3 Å². The summed E-state index contributed by atoms with van der Waals surface area (Å²) in [5, 5.41) is 4.89. The summed E-state index contributed by atoms with van der Waals surface area (Å²) in [5.41, 5.74) is 2.39. The van der Waals surface area contributed by atoms with Crippen LogP contribution in [0.1, 0.15) is 20.8 Å². The summed E-state index contributed by atoms with van der Waals surface area (Å²) in [7, 11) is 4.90. The highest BCUT2D eigenvalue weighted by atomic mass is 32.2. The Morgan fingerprint density at radius 1 is 1.06 bits per heavy atom. The van der Waals surface area contributed by atoms with E-state index in [-0.39, 0.29) is 17.6 Å². The number of carbonyl (C=O) groups excluding carboxylic acids is 2. The van der Waals surface area contributed by atoms with Gasteiger partial charge in [-0.3, -0.25) is 9.59 Å². The molecule has 168 valence electrons. The largest absolute Gasteiger partial charge is 0.493 e. The van der Waals surface area contributed by atoms with Crippen LogP contribution in [0.5, 0.6) is 11.5 Å². The first-order valence-corrected chi connectivity index (χ1v) is 11.8. The predicted molar refractivity (Wildman–Crippen MR) is 130 cm³/mol. The van der Waals surface area contributed by atoms with Gasteiger partial charge in [0.2, 0.25) is 5.91 Å². The van der Waals surface area contributed by atoms with Gasteiger partial charge in [-0.25, -0.2) is 0 Å². The van der Waals surface area contributed by atoms with Crippen molar-refractivity contribution in [1.29, 1.82) is 0 Å². The number of hydrogen-bond donors (Lipinski definition) is 1. The van der Waals surface area contributed by atoms with Crippen LogP contribution in [0.3, 0.4) is 0 Å². The Balaban J connectivity index is 1.64. The zero-order chi connectivity index (χ0) is 23.1. The fourth-order valence-corrected chi connectivity index (χ4v) is 4.89. The maximum absolute atomic E-state index is 13.1. The summed E-state index contributed by atoms with van der Waals surface area (Å²) < 4.78 is 10.5. The van der Waals surface area contributed by atoms with Crippen LogP contribution in [0.2, 0.25) is 0 Å². The second kappa shape index (κ2) is 11.1. The van der Waals surface area contributed by atoms with Gasteiger partial charge < -0.3 is 19.7 Å². The van der Waals surface area contributed by atoms with Crippen molar-refractivity contribution in [3.8, 4) is 11.5 Å². The minimum Gasteiger partial charge on any atom is -0.493 e. The molecule has 0 radical (unpaired) electrons. The molecule has 0 spiro atoms. The number of benzene rings is 2. The molecule has 0 saturated carbocycles. The van der Waals surface area contributed by atoms with Crippen LogP contribution < -0.4 is 14.8 Å². The normalized spacial score (nSPS) is 10.5. The molecule has 0 unspecified atom stereocenters. The topological polar surface area (TPSA) is 67.9 Å². The number of aryl methyl sites for hydroxylation is 1. The molecule has 3 aromatic rings. The Kier molecular flexibility index (Phi) is 8.19. The van der Waals surface area contributed by atoms with Gasteiger partial charge in [-0.05, 0) is 48.2 Å². The van der Waals surface area contributed by atoms with Crippen LogP contribution in [-0.4, -0.2) is 43.7 Å². The fraction of sp³-hybridized carbons (Fsp3) is 0.250. The zero-order valence-corrected chi connectivity index (χ0v) is 20.1. The number of thiophene rings is 1. The second-order valence-corrected chi connectivity index (χ2v) is 9.11. The van der Waals surface area contributed by atoms with Gasteiger partial charge in [0, 0.05) is 28.6 Å². The van der Waals surface area contributed by atoms with Gasteiger partial charge in [-0.15, -0.1) is 23.1 Å². The molecular weight excluding hydrogens is 444 g/mol. The lowest BCUT2D eigenvalue weighted by Gasteiger charge is -2.19. The standard InChI is InChI=1S/C24H26N2O4S2/c1-16-11-12-31-22(16)14-26(2)24(28)18-7-5-6-8-21(18)32-15-23(27)25-17-9-10-19(29-3)20(13-17)30-4/h5-13H,14-15H2,1-4H3,(H,25,27). The monoisotopic (exact) mass is 470 g/mol. The van der Waals surface area contributed by atoms with Crippen molar-refractivity contribution in [3.05, 3.63) is 69.9 Å². The molecule has 1 N–H and O–H groups in total.